The van der Waals surface area contributed by atoms with Crippen molar-refractivity contribution < 1.29 is 26.5 Å². The van der Waals surface area contributed by atoms with Gasteiger partial charge in [-0.05, 0) is 106 Å². The third-order valence-electron chi connectivity index (χ3n) is 6.46. The second-order valence-electron chi connectivity index (χ2n) is 8.91. The Bertz CT molecular complexity index is 1450. The molecule has 202 valence electrons. The molecule has 2 fully saturated rings. The Kier molecular flexibility index (Phi) is 10.8. The molecule has 0 saturated heterocycles. The van der Waals surface area contributed by atoms with Gasteiger partial charge in [0.2, 0.25) is 0 Å². The molecule has 2 aliphatic rings. The van der Waals surface area contributed by atoms with E-state index in [9.17, 15) is 4.79 Å². The average molecular weight is 594 g/mol. The monoisotopic (exact) mass is 593 g/mol. The van der Waals surface area contributed by atoms with Crippen molar-refractivity contribution in [1.29, 1.82) is 0 Å². The first-order valence-electron chi connectivity index (χ1n) is 12.6. The fraction of sp³-hybridized carbons (Fsp3) is 0.125. The molecule has 0 spiro atoms. The molecule has 2 heterocycles. The second-order valence-corrected chi connectivity index (χ2v) is 9.35. The molecule has 0 N–H and O–H groups in total. The zero-order chi connectivity index (χ0) is 27.2. The summed E-state index contributed by atoms with van der Waals surface area (Å²) in [5, 5.41) is 5.31. The minimum absolute atomic E-state index is 0. The van der Waals surface area contributed by atoms with Crippen molar-refractivity contribution in [3.05, 3.63) is 145 Å². The summed E-state index contributed by atoms with van der Waals surface area (Å²) in [6.07, 6.45) is 20.4. The Morgan fingerprint density at radius 3 is 2.10 bits per heavy atom. The third kappa shape index (κ3) is 6.94. The SMILES string of the molecule is COc1ccc(CCn2c(-c3ccc(Cl)cc3)cn3nc([C]4[CH][CH][CH][CH]4)cc3c2=O)cc1OC.[CH]1[CH][CH][CH][CH]1.[Fe+2]. The predicted molar refractivity (Wildman–Crippen MR) is 154 cm³/mol. The Morgan fingerprint density at radius 1 is 0.825 bits per heavy atom. The summed E-state index contributed by atoms with van der Waals surface area (Å²) in [5.74, 6) is 2.31. The summed E-state index contributed by atoms with van der Waals surface area (Å²) in [5.41, 5.74) is 3.89. The van der Waals surface area contributed by atoms with E-state index in [1.807, 2.05) is 113 Å². The van der Waals surface area contributed by atoms with Gasteiger partial charge in [-0.1, -0.05) is 29.8 Å². The molecule has 0 bridgehead atoms. The maximum absolute atomic E-state index is 13.6. The van der Waals surface area contributed by atoms with Crippen molar-refractivity contribution in [2.24, 2.45) is 0 Å². The number of aromatic nitrogens is 3. The zero-order valence-electron chi connectivity index (χ0n) is 22.1. The van der Waals surface area contributed by atoms with Crippen molar-refractivity contribution in [3.63, 3.8) is 0 Å². The molecule has 4 aromatic rings. The Hall–Kier alpha value is -2.73. The van der Waals surface area contributed by atoms with Crippen molar-refractivity contribution in [2.75, 3.05) is 14.2 Å². The number of fused-ring (bicyclic) bond motifs is 1. The van der Waals surface area contributed by atoms with E-state index >= 15 is 0 Å². The van der Waals surface area contributed by atoms with Crippen LogP contribution in [0.25, 0.3) is 16.8 Å². The van der Waals surface area contributed by atoms with E-state index in [-0.39, 0.29) is 22.6 Å². The van der Waals surface area contributed by atoms with Gasteiger partial charge in [-0.15, -0.1) is 0 Å². The Morgan fingerprint density at radius 2 is 1.48 bits per heavy atom. The molecule has 6 rings (SSSR count). The largest absolute Gasteiger partial charge is 2.00 e. The van der Waals surface area contributed by atoms with E-state index < -0.39 is 0 Å². The number of hydrogen-bond acceptors (Lipinski definition) is 4. The van der Waals surface area contributed by atoms with Gasteiger partial charge < -0.3 is 14.0 Å². The number of aryl methyl sites for hydroxylation is 1. The standard InChI is InChI=1S/C27H23ClN3O3.C5H5.Fe/c1-33-25-12-7-18(15-26(25)34-2)13-14-30-24(20-8-10-21(28)11-9-20)17-31-23(27(30)32)16-22(29-31)19-5-3-4-6-19;1-2-4-5-3-1;/h3-12,15-17H,13-14H2,1-2H3;1-5H;/q;;+2. The minimum Gasteiger partial charge on any atom is -0.493 e. The van der Waals surface area contributed by atoms with Crippen LogP contribution in [0, 0.1) is 63.7 Å². The molecule has 6 nitrogen and oxygen atoms in total. The molecular weight excluding hydrogens is 566 g/mol. The molecular formula is C32H28ClFeN3O3+2. The smallest absolute Gasteiger partial charge is 0.493 e. The zero-order valence-corrected chi connectivity index (χ0v) is 24.0. The summed E-state index contributed by atoms with van der Waals surface area (Å²) < 4.78 is 14.2. The van der Waals surface area contributed by atoms with Crippen LogP contribution in [0.3, 0.4) is 0 Å². The van der Waals surface area contributed by atoms with E-state index in [4.69, 9.17) is 21.1 Å². The van der Waals surface area contributed by atoms with E-state index in [0.717, 1.165) is 28.4 Å². The summed E-state index contributed by atoms with van der Waals surface area (Å²) in [4.78, 5) is 13.6. The number of hydrogen-bond donors (Lipinski definition) is 0. The van der Waals surface area contributed by atoms with E-state index in [1.54, 1.807) is 23.3 Å². The first-order chi connectivity index (χ1) is 19.1. The van der Waals surface area contributed by atoms with Gasteiger partial charge in [0.25, 0.3) is 5.56 Å². The van der Waals surface area contributed by atoms with E-state index in [1.165, 1.54) is 0 Å². The van der Waals surface area contributed by atoms with Gasteiger partial charge in [0.1, 0.15) is 5.52 Å². The molecule has 8 heteroatoms. The van der Waals surface area contributed by atoms with E-state index in [2.05, 4.69) is 5.10 Å². The van der Waals surface area contributed by atoms with Crippen LogP contribution in [0.5, 0.6) is 11.5 Å². The number of methoxy groups -OCH3 is 2. The Balaban J connectivity index is 0.000000557. The van der Waals surface area contributed by atoms with Crippen LogP contribution < -0.4 is 15.0 Å². The van der Waals surface area contributed by atoms with Gasteiger partial charge in [0.15, 0.2) is 11.5 Å². The quantitative estimate of drug-likeness (QED) is 0.252. The molecule has 0 aliphatic heterocycles. The van der Waals surface area contributed by atoms with Crippen LogP contribution in [-0.4, -0.2) is 28.4 Å². The number of halogens is 1. The molecule has 2 saturated carbocycles. The number of nitrogens with zero attached hydrogens (tertiary/aromatic N) is 3. The number of ether oxygens (including phenoxy) is 2. The second kappa shape index (κ2) is 14.2. The van der Waals surface area contributed by atoms with Crippen LogP contribution in [-0.2, 0) is 30.0 Å². The first-order valence-corrected chi connectivity index (χ1v) is 12.9. The van der Waals surface area contributed by atoms with Gasteiger partial charge in [0, 0.05) is 17.5 Å². The Labute approximate surface area is 252 Å². The summed E-state index contributed by atoms with van der Waals surface area (Å²) in [6.45, 7) is 0.486. The summed E-state index contributed by atoms with van der Waals surface area (Å²) >= 11 is 6.11. The normalized spacial score (nSPS) is 15.0. The molecule has 10 radical (unpaired) electrons. The third-order valence-corrected chi connectivity index (χ3v) is 6.71. The van der Waals surface area contributed by atoms with E-state index in [0.29, 0.717) is 35.0 Å². The van der Waals surface area contributed by atoms with Crippen LogP contribution in [0.15, 0.2) is 59.5 Å². The van der Waals surface area contributed by atoms with Gasteiger partial charge >= 0.3 is 17.1 Å². The molecule has 40 heavy (non-hydrogen) atoms. The van der Waals surface area contributed by atoms with Crippen LogP contribution in [0.4, 0.5) is 0 Å². The van der Waals surface area contributed by atoms with Crippen LogP contribution in [0.1, 0.15) is 11.3 Å². The molecule has 2 aromatic heterocycles. The fourth-order valence-corrected chi connectivity index (χ4v) is 4.57. The maximum Gasteiger partial charge on any atom is 2.00 e. The predicted octanol–water partition coefficient (Wildman–Crippen LogP) is 5.85. The van der Waals surface area contributed by atoms with Gasteiger partial charge in [-0.25, -0.2) is 4.52 Å². The summed E-state index contributed by atoms with van der Waals surface area (Å²) in [7, 11) is 3.22. The fourth-order valence-electron chi connectivity index (χ4n) is 4.44. The van der Waals surface area contributed by atoms with Crippen LogP contribution >= 0.6 is 11.6 Å². The van der Waals surface area contributed by atoms with Crippen molar-refractivity contribution >= 4 is 17.1 Å². The molecule has 0 unspecified atom stereocenters. The summed E-state index contributed by atoms with van der Waals surface area (Å²) in [6, 6.07) is 15.1. The van der Waals surface area contributed by atoms with Gasteiger partial charge in [0.05, 0.1) is 31.8 Å². The molecule has 2 aliphatic carbocycles. The number of benzene rings is 2. The van der Waals surface area contributed by atoms with Crippen molar-refractivity contribution in [2.45, 2.75) is 13.0 Å². The molecule has 0 amide bonds. The van der Waals surface area contributed by atoms with Crippen LogP contribution in [0.2, 0.25) is 5.02 Å². The maximum atomic E-state index is 13.6. The van der Waals surface area contributed by atoms with Crippen molar-refractivity contribution in [3.8, 4) is 22.8 Å². The van der Waals surface area contributed by atoms with Gasteiger partial charge in [-0.2, -0.15) is 5.10 Å². The first kappa shape index (κ1) is 30.2. The van der Waals surface area contributed by atoms with Crippen molar-refractivity contribution in [1.82, 2.24) is 14.2 Å². The molecule has 2 aromatic carbocycles. The van der Waals surface area contributed by atoms with Gasteiger partial charge in [-0.3, -0.25) is 4.79 Å². The minimum atomic E-state index is -0.0989. The number of rotatable bonds is 7. The average Bonchev–Trinajstić information content (AvgIpc) is 3.76. The molecule has 0 atom stereocenters. The topological polar surface area (TPSA) is 57.8 Å².